The second kappa shape index (κ2) is 57.2. The van der Waals surface area contributed by atoms with Crippen LogP contribution >= 0.6 is 0 Å². The molecule has 0 saturated carbocycles. The van der Waals surface area contributed by atoms with Crippen molar-refractivity contribution < 1.29 is 28.6 Å². The molecule has 1 unspecified atom stereocenters. The SMILES string of the molecule is CCCCCCC/C=C\C/C=C\C/C=C\CCCCCCCCCCCCCCC(=O)OCC(COC(=O)CCCCCCCCCCCCC)OC(=O)CCCCCCCCCCCCCC. The molecule has 0 aromatic rings. The summed E-state index contributed by atoms with van der Waals surface area (Å²) in [6.45, 7) is 6.65. The number of unbranched alkanes of at least 4 members (excludes halogenated alkanes) is 38. The van der Waals surface area contributed by atoms with Crippen LogP contribution in [0.1, 0.15) is 323 Å². The number of esters is 3. The van der Waals surface area contributed by atoms with Crippen LogP contribution < -0.4 is 0 Å². The molecule has 68 heavy (non-hydrogen) atoms. The predicted molar refractivity (Wildman–Crippen MR) is 293 cm³/mol. The summed E-state index contributed by atoms with van der Waals surface area (Å²) in [5, 5.41) is 0. The maximum atomic E-state index is 12.8. The predicted octanol–water partition coefficient (Wildman–Crippen LogP) is 20.0. The Morgan fingerprint density at radius 2 is 0.529 bits per heavy atom. The minimum absolute atomic E-state index is 0.0672. The number of allylic oxidation sites excluding steroid dienone is 6. The Morgan fingerprint density at radius 3 is 0.824 bits per heavy atom. The van der Waals surface area contributed by atoms with Crippen LogP contribution in [0.3, 0.4) is 0 Å². The van der Waals surface area contributed by atoms with E-state index in [9.17, 15) is 14.4 Å². The highest BCUT2D eigenvalue weighted by Crippen LogP contribution is 2.17. The minimum Gasteiger partial charge on any atom is -0.462 e. The van der Waals surface area contributed by atoms with E-state index in [4.69, 9.17) is 14.2 Å². The fourth-order valence-corrected chi connectivity index (χ4v) is 8.86. The molecule has 0 fully saturated rings. The number of carbonyl (C=O) groups is 3. The first kappa shape index (κ1) is 65.6. The fourth-order valence-electron chi connectivity index (χ4n) is 8.86. The van der Waals surface area contributed by atoms with E-state index in [1.807, 2.05) is 0 Å². The lowest BCUT2D eigenvalue weighted by atomic mass is 10.0. The maximum absolute atomic E-state index is 12.8. The second-order valence-electron chi connectivity index (χ2n) is 20.3. The van der Waals surface area contributed by atoms with Crippen LogP contribution in [0.2, 0.25) is 0 Å². The zero-order chi connectivity index (χ0) is 49.3. The highest BCUT2D eigenvalue weighted by atomic mass is 16.6. The van der Waals surface area contributed by atoms with Crippen molar-refractivity contribution >= 4 is 17.9 Å². The van der Waals surface area contributed by atoms with Crippen LogP contribution in [0.4, 0.5) is 0 Å². The lowest BCUT2D eigenvalue weighted by Crippen LogP contribution is -2.30. The molecule has 0 heterocycles. The summed E-state index contributed by atoms with van der Waals surface area (Å²) in [5.74, 6) is -0.852. The zero-order valence-electron chi connectivity index (χ0n) is 45.6. The molecule has 0 saturated heterocycles. The van der Waals surface area contributed by atoms with Gasteiger partial charge in [-0.3, -0.25) is 14.4 Å². The molecule has 6 nitrogen and oxygen atoms in total. The maximum Gasteiger partial charge on any atom is 0.306 e. The molecule has 0 amide bonds. The molecule has 0 spiro atoms. The van der Waals surface area contributed by atoms with Crippen LogP contribution in [-0.2, 0) is 28.6 Å². The van der Waals surface area contributed by atoms with E-state index >= 15 is 0 Å². The lowest BCUT2D eigenvalue weighted by molar-refractivity contribution is -0.167. The van der Waals surface area contributed by atoms with Gasteiger partial charge in [0, 0.05) is 19.3 Å². The highest BCUT2D eigenvalue weighted by Gasteiger charge is 2.19. The molecule has 398 valence electrons. The van der Waals surface area contributed by atoms with Crippen LogP contribution in [0.25, 0.3) is 0 Å². The van der Waals surface area contributed by atoms with E-state index in [0.29, 0.717) is 19.3 Å². The first-order valence-electron chi connectivity index (χ1n) is 30.0. The fraction of sp³-hybridized carbons (Fsp3) is 0.855. The number of ether oxygens (including phenoxy) is 3. The van der Waals surface area contributed by atoms with Crippen molar-refractivity contribution in [1.29, 1.82) is 0 Å². The van der Waals surface area contributed by atoms with E-state index in [2.05, 4.69) is 57.2 Å². The van der Waals surface area contributed by atoms with E-state index in [1.165, 1.54) is 212 Å². The monoisotopic (exact) mass is 955 g/mol. The van der Waals surface area contributed by atoms with Crippen LogP contribution in [0, 0.1) is 0 Å². The van der Waals surface area contributed by atoms with Gasteiger partial charge in [-0.05, 0) is 57.8 Å². The largest absolute Gasteiger partial charge is 0.462 e. The van der Waals surface area contributed by atoms with Gasteiger partial charge in [-0.15, -0.1) is 0 Å². The smallest absolute Gasteiger partial charge is 0.306 e. The summed E-state index contributed by atoms with van der Waals surface area (Å²) in [7, 11) is 0. The van der Waals surface area contributed by atoms with Crippen LogP contribution in [0.5, 0.6) is 0 Å². The molecular weight excluding hydrogens is 841 g/mol. The quantitative estimate of drug-likeness (QED) is 0.0262. The summed E-state index contributed by atoms with van der Waals surface area (Å²) < 4.78 is 16.9. The molecule has 0 aliphatic rings. The lowest BCUT2D eigenvalue weighted by Gasteiger charge is -2.18. The van der Waals surface area contributed by atoms with Crippen molar-refractivity contribution in [1.82, 2.24) is 0 Å². The van der Waals surface area contributed by atoms with Gasteiger partial charge in [-0.2, -0.15) is 0 Å². The van der Waals surface area contributed by atoms with Crippen molar-refractivity contribution in [2.24, 2.45) is 0 Å². The molecule has 0 aromatic heterocycles. The molecule has 0 aliphatic carbocycles. The molecule has 0 radical (unpaired) electrons. The van der Waals surface area contributed by atoms with Crippen molar-refractivity contribution in [3.63, 3.8) is 0 Å². The summed E-state index contributed by atoms with van der Waals surface area (Å²) in [6.07, 6.45) is 68.6. The van der Waals surface area contributed by atoms with E-state index in [1.54, 1.807) is 0 Å². The first-order chi connectivity index (χ1) is 33.5. The van der Waals surface area contributed by atoms with Gasteiger partial charge in [0.15, 0.2) is 6.10 Å². The third-order valence-electron chi connectivity index (χ3n) is 13.4. The molecule has 6 heteroatoms. The molecule has 1 atom stereocenters. The van der Waals surface area contributed by atoms with Crippen molar-refractivity contribution in [3.8, 4) is 0 Å². The molecule has 0 rings (SSSR count). The van der Waals surface area contributed by atoms with E-state index in [-0.39, 0.29) is 31.1 Å². The molecule has 0 aliphatic heterocycles. The normalized spacial score (nSPS) is 12.2. The average Bonchev–Trinajstić information content (AvgIpc) is 3.34. The van der Waals surface area contributed by atoms with Gasteiger partial charge in [0.25, 0.3) is 0 Å². The van der Waals surface area contributed by atoms with Gasteiger partial charge in [-0.25, -0.2) is 0 Å². The van der Waals surface area contributed by atoms with Crippen LogP contribution in [-0.4, -0.2) is 37.2 Å². The summed E-state index contributed by atoms with van der Waals surface area (Å²) in [6, 6.07) is 0. The van der Waals surface area contributed by atoms with Crippen LogP contribution in [0.15, 0.2) is 36.5 Å². The zero-order valence-corrected chi connectivity index (χ0v) is 45.6. The van der Waals surface area contributed by atoms with Gasteiger partial charge >= 0.3 is 17.9 Å². The second-order valence-corrected chi connectivity index (χ2v) is 20.3. The van der Waals surface area contributed by atoms with Gasteiger partial charge in [0.05, 0.1) is 0 Å². The van der Waals surface area contributed by atoms with Gasteiger partial charge < -0.3 is 14.2 Å². The van der Waals surface area contributed by atoms with Gasteiger partial charge in [-0.1, -0.05) is 282 Å². The molecule has 0 aromatic carbocycles. The summed E-state index contributed by atoms with van der Waals surface area (Å²) >= 11 is 0. The van der Waals surface area contributed by atoms with Crippen molar-refractivity contribution in [2.45, 2.75) is 329 Å². The Bertz CT molecular complexity index is 1140. The number of rotatable bonds is 55. The number of carbonyl (C=O) groups excluding carboxylic acids is 3. The Hall–Kier alpha value is -2.37. The average molecular weight is 956 g/mol. The third-order valence-corrected chi connectivity index (χ3v) is 13.4. The Balaban J connectivity index is 4.15. The summed E-state index contributed by atoms with van der Waals surface area (Å²) in [4.78, 5) is 38.1. The third kappa shape index (κ3) is 54.6. The highest BCUT2D eigenvalue weighted by molar-refractivity contribution is 5.71. The standard InChI is InChI=1S/C62H114O6/c1-4-7-10-13-16-19-22-24-25-26-27-28-29-30-31-32-33-34-35-36-37-38-41-43-46-49-52-55-61(64)67-58-59(57-66-60(63)54-51-48-45-42-39-21-18-15-12-9-6-3)68-62(65)56-53-50-47-44-40-23-20-17-14-11-8-5-2/h22,24,26-27,29-30,59H,4-21,23,25,28,31-58H2,1-3H3/b24-22-,27-26-,30-29-. The van der Waals surface area contributed by atoms with Crippen molar-refractivity contribution in [2.75, 3.05) is 13.2 Å². The van der Waals surface area contributed by atoms with Gasteiger partial charge in [0.1, 0.15) is 13.2 Å². The van der Waals surface area contributed by atoms with E-state index in [0.717, 1.165) is 70.6 Å². The van der Waals surface area contributed by atoms with Gasteiger partial charge in [0.2, 0.25) is 0 Å². The number of hydrogen-bond donors (Lipinski definition) is 0. The minimum atomic E-state index is -0.766. The molecular formula is C62H114O6. The van der Waals surface area contributed by atoms with E-state index < -0.39 is 6.10 Å². The molecule has 0 bridgehead atoms. The topological polar surface area (TPSA) is 78.9 Å². The Labute approximate surface area is 423 Å². The van der Waals surface area contributed by atoms with Crippen molar-refractivity contribution in [3.05, 3.63) is 36.5 Å². The summed E-state index contributed by atoms with van der Waals surface area (Å²) in [5.41, 5.74) is 0. The Kier molecular flexibility index (Phi) is 55.2. The number of hydrogen-bond acceptors (Lipinski definition) is 6. The Morgan fingerprint density at radius 1 is 0.294 bits per heavy atom. The first-order valence-corrected chi connectivity index (χ1v) is 30.0. The molecule has 0 N–H and O–H groups in total.